The van der Waals surface area contributed by atoms with Crippen LogP contribution in [-0.4, -0.2) is 11.1 Å². The fraction of sp³-hybridized carbons (Fsp3) is 0.125. The quantitative estimate of drug-likeness (QED) is 0.767. The van der Waals surface area contributed by atoms with Gasteiger partial charge < -0.3 is 10.8 Å². The van der Waals surface area contributed by atoms with Crippen molar-refractivity contribution in [1.82, 2.24) is 0 Å². The van der Waals surface area contributed by atoms with E-state index < -0.39 is 17.8 Å². The molecule has 0 radical (unpaired) electrons. The van der Waals surface area contributed by atoms with Gasteiger partial charge in [-0.25, -0.2) is 4.39 Å². The second-order valence-electron chi connectivity index (χ2n) is 2.48. The average molecular weight is 204 g/mol. The first-order valence-corrected chi connectivity index (χ1v) is 3.83. The van der Waals surface area contributed by atoms with E-state index in [4.69, 9.17) is 22.4 Å². The molecule has 0 bridgehead atoms. The standard InChI is InChI=1S/C8H7ClFNO2/c9-6-2-1-4(10)3-5(6)7(11)8(12)13/h1-3,7H,11H2,(H,12,13)/t7-/m1/s1. The molecule has 0 heterocycles. The van der Waals surface area contributed by atoms with Crippen molar-refractivity contribution in [3.05, 3.63) is 34.6 Å². The maximum Gasteiger partial charge on any atom is 0.325 e. The second-order valence-corrected chi connectivity index (χ2v) is 2.89. The smallest absolute Gasteiger partial charge is 0.325 e. The molecule has 0 aromatic heterocycles. The van der Waals surface area contributed by atoms with E-state index in [9.17, 15) is 9.18 Å². The third-order valence-corrected chi connectivity index (χ3v) is 1.90. The highest BCUT2D eigenvalue weighted by atomic mass is 35.5. The first kappa shape index (κ1) is 9.95. The molecule has 0 unspecified atom stereocenters. The maximum atomic E-state index is 12.7. The second kappa shape index (κ2) is 3.72. The van der Waals surface area contributed by atoms with Crippen molar-refractivity contribution < 1.29 is 14.3 Å². The van der Waals surface area contributed by atoms with Gasteiger partial charge in [-0.15, -0.1) is 0 Å². The van der Waals surface area contributed by atoms with Gasteiger partial charge in [0.2, 0.25) is 0 Å². The Labute approximate surface area is 78.9 Å². The molecule has 0 aliphatic rings. The van der Waals surface area contributed by atoms with Gasteiger partial charge in [0.1, 0.15) is 11.9 Å². The van der Waals surface area contributed by atoms with E-state index in [-0.39, 0.29) is 10.6 Å². The van der Waals surface area contributed by atoms with E-state index in [0.29, 0.717) is 0 Å². The molecule has 5 heteroatoms. The number of carbonyl (C=O) groups is 1. The SMILES string of the molecule is N[C@@H](C(=O)O)c1cc(F)ccc1Cl. The minimum Gasteiger partial charge on any atom is -0.480 e. The van der Waals surface area contributed by atoms with Gasteiger partial charge >= 0.3 is 5.97 Å². The Morgan fingerprint density at radius 2 is 2.23 bits per heavy atom. The molecule has 0 fully saturated rings. The first-order valence-electron chi connectivity index (χ1n) is 3.45. The van der Waals surface area contributed by atoms with Gasteiger partial charge in [0.05, 0.1) is 0 Å². The molecule has 3 nitrogen and oxygen atoms in total. The van der Waals surface area contributed by atoms with Crippen molar-refractivity contribution in [1.29, 1.82) is 0 Å². The first-order chi connectivity index (χ1) is 6.02. The molecule has 0 amide bonds. The number of carboxylic acids is 1. The summed E-state index contributed by atoms with van der Waals surface area (Å²) in [6, 6.07) is 2.14. The molecule has 3 N–H and O–H groups in total. The van der Waals surface area contributed by atoms with Crippen LogP contribution in [0.4, 0.5) is 4.39 Å². The number of halogens is 2. The van der Waals surface area contributed by atoms with E-state index >= 15 is 0 Å². The summed E-state index contributed by atoms with van der Waals surface area (Å²) in [5.41, 5.74) is 5.33. The summed E-state index contributed by atoms with van der Waals surface area (Å²) in [7, 11) is 0. The zero-order valence-corrected chi connectivity index (χ0v) is 7.25. The van der Waals surface area contributed by atoms with E-state index in [2.05, 4.69) is 0 Å². The highest BCUT2D eigenvalue weighted by Gasteiger charge is 2.17. The molecule has 1 rings (SSSR count). The number of hydrogen-bond donors (Lipinski definition) is 2. The molecular formula is C8H7ClFNO2. The van der Waals surface area contributed by atoms with Crippen LogP contribution in [0, 0.1) is 5.82 Å². The van der Waals surface area contributed by atoms with Crippen molar-refractivity contribution >= 4 is 17.6 Å². The van der Waals surface area contributed by atoms with Crippen molar-refractivity contribution in [2.24, 2.45) is 5.73 Å². The van der Waals surface area contributed by atoms with Gasteiger partial charge in [0, 0.05) is 10.6 Å². The highest BCUT2D eigenvalue weighted by Crippen LogP contribution is 2.22. The van der Waals surface area contributed by atoms with Crippen LogP contribution < -0.4 is 5.73 Å². The molecule has 0 spiro atoms. The van der Waals surface area contributed by atoms with E-state index in [1.165, 1.54) is 6.07 Å². The Morgan fingerprint density at radius 1 is 1.62 bits per heavy atom. The van der Waals surface area contributed by atoms with E-state index in [1.54, 1.807) is 0 Å². The van der Waals surface area contributed by atoms with Crippen molar-refractivity contribution in [3.8, 4) is 0 Å². The molecule has 0 saturated carbocycles. The number of hydrogen-bond acceptors (Lipinski definition) is 2. The third-order valence-electron chi connectivity index (χ3n) is 1.56. The molecule has 1 aromatic rings. The van der Waals surface area contributed by atoms with Crippen LogP contribution in [0.3, 0.4) is 0 Å². The van der Waals surface area contributed by atoms with Gasteiger partial charge in [-0.1, -0.05) is 11.6 Å². The van der Waals surface area contributed by atoms with Gasteiger partial charge in [-0.2, -0.15) is 0 Å². The third kappa shape index (κ3) is 2.17. The van der Waals surface area contributed by atoms with Gasteiger partial charge in [0.15, 0.2) is 0 Å². The summed E-state index contributed by atoms with van der Waals surface area (Å²) in [4.78, 5) is 10.5. The van der Waals surface area contributed by atoms with Crippen molar-refractivity contribution in [2.75, 3.05) is 0 Å². The summed E-state index contributed by atoms with van der Waals surface area (Å²) in [6.07, 6.45) is 0. The summed E-state index contributed by atoms with van der Waals surface area (Å²) in [6.45, 7) is 0. The van der Waals surface area contributed by atoms with Crippen LogP contribution in [0.15, 0.2) is 18.2 Å². The number of benzene rings is 1. The van der Waals surface area contributed by atoms with Crippen molar-refractivity contribution in [2.45, 2.75) is 6.04 Å². The Kier molecular flexibility index (Phi) is 2.85. The normalized spacial score (nSPS) is 12.5. The Morgan fingerprint density at radius 3 is 2.77 bits per heavy atom. The molecule has 13 heavy (non-hydrogen) atoms. The van der Waals surface area contributed by atoms with Gasteiger partial charge in [-0.3, -0.25) is 4.79 Å². The van der Waals surface area contributed by atoms with Crippen LogP contribution in [-0.2, 0) is 4.79 Å². The molecule has 1 atom stereocenters. The lowest BCUT2D eigenvalue weighted by atomic mass is 10.1. The fourth-order valence-electron chi connectivity index (χ4n) is 0.886. The van der Waals surface area contributed by atoms with Crippen LogP contribution in [0.25, 0.3) is 0 Å². The largest absolute Gasteiger partial charge is 0.480 e. The molecule has 0 saturated heterocycles. The van der Waals surface area contributed by atoms with Crippen LogP contribution >= 0.6 is 11.6 Å². The zero-order chi connectivity index (χ0) is 10.0. The zero-order valence-electron chi connectivity index (χ0n) is 6.50. The van der Waals surface area contributed by atoms with Crippen LogP contribution in [0.1, 0.15) is 11.6 Å². The Balaban J connectivity index is 3.12. The van der Waals surface area contributed by atoms with E-state index in [1.807, 2.05) is 0 Å². The topological polar surface area (TPSA) is 63.3 Å². The molecule has 1 aromatic carbocycles. The molecule has 0 aliphatic heterocycles. The minimum absolute atomic E-state index is 0.0779. The van der Waals surface area contributed by atoms with Gasteiger partial charge in [-0.05, 0) is 18.2 Å². The summed E-state index contributed by atoms with van der Waals surface area (Å²) in [5.74, 6) is -1.80. The lowest BCUT2D eigenvalue weighted by Crippen LogP contribution is -2.21. The average Bonchev–Trinajstić information content (AvgIpc) is 2.08. The molecule has 70 valence electrons. The predicted molar refractivity (Wildman–Crippen MR) is 46.0 cm³/mol. The summed E-state index contributed by atoms with van der Waals surface area (Å²) < 4.78 is 12.7. The number of carboxylic acid groups (broad SMARTS) is 1. The monoisotopic (exact) mass is 203 g/mol. The lowest BCUT2D eigenvalue weighted by molar-refractivity contribution is -0.138. The minimum atomic E-state index is -1.29. The fourth-order valence-corrected chi connectivity index (χ4v) is 1.12. The Bertz CT molecular complexity index is 343. The summed E-state index contributed by atoms with van der Waals surface area (Å²) in [5, 5.41) is 8.69. The van der Waals surface area contributed by atoms with Crippen molar-refractivity contribution in [3.63, 3.8) is 0 Å². The number of aliphatic carboxylic acids is 1. The van der Waals surface area contributed by atoms with E-state index in [0.717, 1.165) is 12.1 Å². The number of rotatable bonds is 2. The Hall–Kier alpha value is -1.13. The predicted octanol–water partition coefficient (Wildman–Crippen LogP) is 1.56. The maximum absolute atomic E-state index is 12.7. The van der Waals surface area contributed by atoms with Gasteiger partial charge in [0.25, 0.3) is 0 Å². The molecular weight excluding hydrogens is 197 g/mol. The van der Waals surface area contributed by atoms with Crippen LogP contribution in [0.2, 0.25) is 5.02 Å². The lowest BCUT2D eigenvalue weighted by Gasteiger charge is -2.08. The number of nitrogens with two attached hydrogens (primary N) is 1. The molecule has 0 aliphatic carbocycles. The van der Waals surface area contributed by atoms with Crippen LogP contribution in [0.5, 0.6) is 0 Å². The highest BCUT2D eigenvalue weighted by molar-refractivity contribution is 6.31. The summed E-state index contributed by atoms with van der Waals surface area (Å²) >= 11 is 5.63.